The van der Waals surface area contributed by atoms with E-state index in [1.807, 2.05) is 0 Å². The fourth-order valence-corrected chi connectivity index (χ4v) is 2.31. The number of imide groups is 1. The summed E-state index contributed by atoms with van der Waals surface area (Å²) >= 11 is 0. The molecule has 0 spiro atoms. The average Bonchev–Trinajstić information content (AvgIpc) is 3.09. The van der Waals surface area contributed by atoms with Gasteiger partial charge in [0.2, 0.25) is 0 Å². The second-order valence-electron chi connectivity index (χ2n) is 6.24. The van der Waals surface area contributed by atoms with Crippen LogP contribution in [0.5, 0.6) is 0 Å². The molecule has 0 saturated heterocycles. The Hall–Kier alpha value is -1.44. The minimum Gasteiger partial charge on any atom is -0.378 e. The van der Waals surface area contributed by atoms with E-state index < -0.39 is 0 Å². The van der Waals surface area contributed by atoms with Crippen LogP contribution in [0.25, 0.3) is 0 Å². The largest absolute Gasteiger partial charge is 0.378 e. The van der Waals surface area contributed by atoms with Gasteiger partial charge in [-0.25, -0.2) is 0 Å². The van der Waals surface area contributed by atoms with Gasteiger partial charge < -0.3 is 38.9 Å². The van der Waals surface area contributed by atoms with Crippen LogP contribution in [-0.4, -0.2) is 122 Å². The standard InChI is InChI=1S/C20H36N2O9/c21-3-5-25-7-9-27-11-13-29-15-17-31-18-16-30-14-12-28-10-8-26-6-4-22-19(23)1-2-20(22)24/h1-2H,3-18,21H2. The van der Waals surface area contributed by atoms with E-state index in [-0.39, 0.29) is 25.0 Å². The summed E-state index contributed by atoms with van der Waals surface area (Å²) in [4.78, 5) is 23.8. The molecular formula is C20H36N2O9. The number of rotatable bonds is 23. The number of carbonyl (C=O) groups excluding carboxylic acids is 2. The van der Waals surface area contributed by atoms with Crippen LogP contribution >= 0.6 is 0 Å². The Morgan fingerprint density at radius 2 is 0.806 bits per heavy atom. The zero-order valence-corrected chi connectivity index (χ0v) is 18.2. The Bertz CT molecular complexity index is 473. The predicted molar refractivity (Wildman–Crippen MR) is 111 cm³/mol. The van der Waals surface area contributed by atoms with Crippen LogP contribution in [0, 0.1) is 0 Å². The van der Waals surface area contributed by atoms with Gasteiger partial charge in [0, 0.05) is 18.7 Å². The maximum atomic E-state index is 11.3. The molecule has 0 bridgehead atoms. The lowest BCUT2D eigenvalue weighted by Gasteiger charge is -2.13. The lowest BCUT2D eigenvalue weighted by molar-refractivity contribution is -0.137. The molecule has 11 nitrogen and oxygen atoms in total. The van der Waals surface area contributed by atoms with Crippen molar-refractivity contribution in [2.45, 2.75) is 0 Å². The summed E-state index contributed by atoms with van der Waals surface area (Å²) in [5.41, 5.74) is 5.30. The van der Waals surface area contributed by atoms with Crippen LogP contribution in [0.1, 0.15) is 0 Å². The van der Waals surface area contributed by atoms with Gasteiger partial charge in [0.1, 0.15) is 0 Å². The van der Waals surface area contributed by atoms with Crippen LogP contribution in [0.15, 0.2) is 12.2 Å². The van der Waals surface area contributed by atoms with Gasteiger partial charge in [0.05, 0.1) is 99.0 Å². The smallest absolute Gasteiger partial charge is 0.253 e. The first-order chi connectivity index (χ1) is 15.3. The van der Waals surface area contributed by atoms with Crippen molar-refractivity contribution in [2.24, 2.45) is 5.73 Å². The second-order valence-corrected chi connectivity index (χ2v) is 6.24. The summed E-state index contributed by atoms with van der Waals surface area (Å²) in [6, 6.07) is 0. The molecule has 1 aliphatic rings. The summed E-state index contributed by atoms with van der Waals surface area (Å²) in [5, 5.41) is 0. The minimum absolute atomic E-state index is 0.248. The molecule has 0 aromatic heterocycles. The number of hydrogen-bond donors (Lipinski definition) is 1. The van der Waals surface area contributed by atoms with Gasteiger partial charge >= 0.3 is 0 Å². The molecule has 1 aliphatic heterocycles. The molecular weight excluding hydrogens is 412 g/mol. The first-order valence-electron chi connectivity index (χ1n) is 10.5. The number of nitrogens with two attached hydrogens (primary N) is 1. The molecule has 0 atom stereocenters. The highest BCUT2D eigenvalue weighted by molar-refractivity contribution is 6.12. The van der Waals surface area contributed by atoms with Crippen LogP contribution in [-0.2, 0) is 42.7 Å². The van der Waals surface area contributed by atoms with Crippen molar-refractivity contribution >= 4 is 11.8 Å². The summed E-state index contributed by atoms with van der Waals surface area (Å²) in [6.45, 7) is 7.44. The molecule has 1 heterocycles. The Balaban J connectivity index is 1.68. The Morgan fingerprint density at radius 1 is 0.516 bits per heavy atom. The maximum Gasteiger partial charge on any atom is 0.253 e. The van der Waals surface area contributed by atoms with E-state index in [0.29, 0.717) is 92.4 Å². The monoisotopic (exact) mass is 448 g/mol. The summed E-state index contributed by atoms with van der Waals surface area (Å²) in [5.74, 6) is -0.603. The molecule has 1 rings (SSSR count). The SMILES string of the molecule is NCCOCCOCCOCCOCCOCCOCCOCCN1C(=O)C=CC1=O. The molecule has 0 unspecified atom stereocenters. The Morgan fingerprint density at radius 3 is 1.13 bits per heavy atom. The van der Waals surface area contributed by atoms with E-state index >= 15 is 0 Å². The van der Waals surface area contributed by atoms with Crippen LogP contribution in [0.4, 0.5) is 0 Å². The van der Waals surface area contributed by atoms with E-state index in [9.17, 15) is 9.59 Å². The molecule has 2 amide bonds. The molecule has 0 radical (unpaired) electrons. The van der Waals surface area contributed by atoms with E-state index in [1.54, 1.807) is 0 Å². The fourth-order valence-electron chi connectivity index (χ4n) is 2.31. The highest BCUT2D eigenvalue weighted by Crippen LogP contribution is 2.02. The van der Waals surface area contributed by atoms with Gasteiger partial charge in [-0.1, -0.05) is 0 Å². The zero-order chi connectivity index (χ0) is 22.4. The van der Waals surface area contributed by atoms with E-state index in [1.165, 1.54) is 12.2 Å². The third-order valence-corrected chi connectivity index (χ3v) is 3.85. The van der Waals surface area contributed by atoms with Crippen LogP contribution in [0.2, 0.25) is 0 Å². The lowest BCUT2D eigenvalue weighted by atomic mass is 10.5. The normalized spacial score (nSPS) is 13.6. The third kappa shape index (κ3) is 15.9. The van der Waals surface area contributed by atoms with Crippen molar-refractivity contribution in [1.29, 1.82) is 0 Å². The van der Waals surface area contributed by atoms with Crippen LogP contribution in [0.3, 0.4) is 0 Å². The minimum atomic E-state index is -0.302. The predicted octanol–water partition coefficient (Wildman–Crippen LogP) is -1.01. The van der Waals surface area contributed by atoms with Crippen molar-refractivity contribution in [3.8, 4) is 0 Å². The molecule has 0 saturated carbocycles. The van der Waals surface area contributed by atoms with Gasteiger partial charge in [-0.05, 0) is 0 Å². The molecule has 11 heteroatoms. The van der Waals surface area contributed by atoms with Gasteiger partial charge in [-0.15, -0.1) is 0 Å². The highest BCUT2D eigenvalue weighted by atomic mass is 16.6. The molecule has 31 heavy (non-hydrogen) atoms. The molecule has 0 fully saturated rings. The summed E-state index contributed by atoms with van der Waals surface area (Å²) in [6.07, 6.45) is 2.51. The number of amides is 2. The molecule has 2 N–H and O–H groups in total. The van der Waals surface area contributed by atoms with E-state index in [0.717, 1.165) is 4.90 Å². The maximum absolute atomic E-state index is 11.3. The highest BCUT2D eigenvalue weighted by Gasteiger charge is 2.22. The van der Waals surface area contributed by atoms with Gasteiger partial charge in [-0.2, -0.15) is 0 Å². The van der Waals surface area contributed by atoms with Crippen molar-refractivity contribution < 1.29 is 42.7 Å². The van der Waals surface area contributed by atoms with Crippen molar-refractivity contribution in [2.75, 3.05) is 106 Å². The number of nitrogens with zero attached hydrogens (tertiary/aromatic N) is 1. The molecule has 0 aliphatic carbocycles. The van der Waals surface area contributed by atoms with E-state index in [4.69, 9.17) is 38.9 Å². The topological polar surface area (TPSA) is 128 Å². The number of hydrogen-bond acceptors (Lipinski definition) is 10. The molecule has 0 aromatic rings. The Kier molecular flexibility index (Phi) is 18.2. The zero-order valence-electron chi connectivity index (χ0n) is 18.2. The number of ether oxygens (including phenoxy) is 7. The first kappa shape index (κ1) is 27.6. The fraction of sp³-hybridized carbons (Fsp3) is 0.800. The van der Waals surface area contributed by atoms with Gasteiger partial charge in [0.15, 0.2) is 0 Å². The lowest BCUT2D eigenvalue weighted by Crippen LogP contribution is -2.33. The summed E-state index contributed by atoms with van der Waals surface area (Å²) in [7, 11) is 0. The van der Waals surface area contributed by atoms with Crippen molar-refractivity contribution in [1.82, 2.24) is 4.90 Å². The molecule has 180 valence electrons. The first-order valence-corrected chi connectivity index (χ1v) is 10.5. The quantitative estimate of drug-likeness (QED) is 0.153. The molecule has 0 aromatic carbocycles. The number of carbonyl (C=O) groups is 2. The summed E-state index contributed by atoms with van der Waals surface area (Å²) < 4.78 is 37.4. The third-order valence-electron chi connectivity index (χ3n) is 3.85. The van der Waals surface area contributed by atoms with Gasteiger partial charge in [0.25, 0.3) is 11.8 Å². The Labute approximate surface area is 183 Å². The average molecular weight is 449 g/mol. The van der Waals surface area contributed by atoms with Crippen molar-refractivity contribution in [3.05, 3.63) is 12.2 Å². The van der Waals surface area contributed by atoms with Crippen LogP contribution < -0.4 is 5.73 Å². The van der Waals surface area contributed by atoms with Crippen molar-refractivity contribution in [3.63, 3.8) is 0 Å². The van der Waals surface area contributed by atoms with E-state index in [2.05, 4.69) is 0 Å². The van der Waals surface area contributed by atoms with Gasteiger partial charge in [-0.3, -0.25) is 14.5 Å². The second kappa shape index (κ2) is 20.5.